The van der Waals surface area contributed by atoms with Gasteiger partial charge in [-0.1, -0.05) is 48.0 Å². The molecule has 4 atom stereocenters. The van der Waals surface area contributed by atoms with Crippen molar-refractivity contribution in [2.75, 3.05) is 44.7 Å². The molecular weight excluding hydrogens is 539 g/mol. The number of nitrogens with zero attached hydrogens (tertiary/aromatic N) is 2. The summed E-state index contributed by atoms with van der Waals surface area (Å²) >= 11 is 7.76. The number of carbonyl (C=O) groups is 3. The van der Waals surface area contributed by atoms with Gasteiger partial charge in [0.25, 0.3) is 5.91 Å². The molecule has 39 heavy (non-hydrogen) atoms. The molecule has 3 amide bonds. The number of benzene rings is 2. The zero-order valence-corrected chi connectivity index (χ0v) is 23.9. The van der Waals surface area contributed by atoms with Crippen LogP contribution in [0.3, 0.4) is 0 Å². The van der Waals surface area contributed by atoms with Gasteiger partial charge in [-0.15, -0.1) is 0 Å². The molecule has 2 heterocycles. The van der Waals surface area contributed by atoms with Gasteiger partial charge in [-0.3, -0.25) is 14.4 Å². The number of halogens is 2. The zero-order chi connectivity index (χ0) is 27.9. The summed E-state index contributed by atoms with van der Waals surface area (Å²) in [6, 6.07) is 13.4. The number of carbonyl (C=O) groups excluding carboxylic acids is 3. The molecule has 0 saturated carbocycles. The molecule has 0 spiro atoms. The molecule has 2 aromatic rings. The number of rotatable bonds is 11. The van der Waals surface area contributed by atoms with E-state index < -0.39 is 11.9 Å². The largest absolute Gasteiger partial charge is 0.347 e. The maximum absolute atomic E-state index is 14.3. The minimum Gasteiger partial charge on any atom is -0.347 e. The van der Waals surface area contributed by atoms with Crippen molar-refractivity contribution in [3.05, 3.63) is 70.5 Å². The number of hydrogen-bond acceptors (Lipinski definition) is 5. The maximum atomic E-state index is 14.3. The van der Waals surface area contributed by atoms with Crippen LogP contribution >= 0.6 is 23.4 Å². The fourth-order valence-corrected chi connectivity index (χ4v) is 6.36. The van der Waals surface area contributed by atoms with E-state index in [1.54, 1.807) is 22.7 Å². The second-order valence-electron chi connectivity index (χ2n) is 10.4. The van der Waals surface area contributed by atoms with E-state index in [4.69, 9.17) is 11.6 Å². The summed E-state index contributed by atoms with van der Waals surface area (Å²) in [6.45, 7) is 5.07. The van der Waals surface area contributed by atoms with Gasteiger partial charge in [0.05, 0.1) is 16.6 Å². The zero-order valence-electron chi connectivity index (χ0n) is 22.4. The average Bonchev–Trinajstić information content (AvgIpc) is 3.48. The predicted molar refractivity (Wildman–Crippen MR) is 153 cm³/mol. The van der Waals surface area contributed by atoms with Crippen molar-refractivity contribution in [3.8, 4) is 0 Å². The number of fused-ring (bicyclic) bond motifs is 1. The molecule has 0 bridgehead atoms. The lowest BCUT2D eigenvalue weighted by Gasteiger charge is -2.26. The molecule has 2 saturated heterocycles. The molecule has 10 heteroatoms. The highest BCUT2D eigenvalue weighted by Crippen LogP contribution is 2.33. The van der Waals surface area contributed by atoms with Gasteiger partial charge in [0.15, 0.2) is 0 Å². The third-order valence-electron chi connectivity index (χ3n) is 7.58. The minimum absolute atomic E-state index is 0.0486. The van der Waals surface area contributed by atoms with E-state index in [2.05, 4.69) is 15.5 Å². The van der Waals surface area contributed by atoms with E-state index in [0.717, 1.165) is 37.4 Å². The Morgan fingerprint density at radius 2 is 1.69 bits per heavy atom. The molecule has 2 aliphatic heterocycles. The summed E-state index contributed by atoms with van der Waals surface area (Å²) in [5.41, 5.74) is 0.975. The molecule has 2 fully saturated rings. The van der Waals surface area contributed by atoms with Crippen LogP contribution in [0.5, 0.6) is 0 Å². The highest BCUT2D eigenvalue weighted by molar-refractivity contribution is 7.98. The van der Waals surface area contributed by atoms with Gasteiger partial charge in [0, 0.05) is 39.6 Å². The Labute approximate surface area is 238 Å². The summed E-state index contributed by atoms with van der Waals surface area (Å²) in [5.74, 6) is 0.0803. The van der Waals surface area contributed by atoms with Crippen LogP contribution in [0.1, 0.15) is 41.7 Å². The number of thioether (sulfide) groups is 1. The summed E-state index contributed by atoms with van der Waals surface area (Å²) in [5, 5.41) is 6.11. The van der Waals surface area contributed by atoms with Gasteiger partial charge in [-0.2, -0.15) is 11.8 Å². The fraction of sp³-hybridized carbons (Fsp3) is 0.483. The van der Waals surface area contributed by atoms with Gasteiger partial charge in [0.2, 0.25) is 11.8 Å². The van der Waals surface area contributed by atoms with E-state index in [-0.39, 0.29) is 34.3 Å². The van der Waals surface area contributed by atoms with Crippen LogP contribution in [-0.4, -0.2) is 78.3 Å². The van der Waals surface area contributed by atoms with Crippen LogP contribution in [0.2, 0.25) is 5.02 Å². The van der Waals surface area contributed by atoms with Crippen LogP contribution in [0.15, 0.2) is 48.5 Å². The number of nitrogens with one attached hydrogen (secondary N) is 2. The summed E-state index contributed by atoms with van der Waals surface area (Å²) in [6.07, 6.45) is 3.26. The van der Waals surface area contributed by atoms with Crippen LogP contribution < -0.4 is 10.6 Å². The highest BCUT2D eigenvalue weighted by atomic mass is 35.5. The third-order valence-corrected chi connectivity index (χ3v) is 8.54. The van der Waals surface area contributed by atoms with Crippen LogP contribution in [-0.2, 0) is 9.59 Å². The van der Waals surface area contributed by atoms with E-state index in [9.17, 15) is 18.8 Å². The van der Waals surface area contributed by atoms with Crippen molar-refractivity contribution in [3.63, 3.8) is 0 Å². The van der Waals surface area contributed by atoms with Crippen LogP contribution in [0.4, 0.5) is 4.39 Å². The smallest absolute Gasteiger partial charge is 0.258 e. The Balaban J connectivity index is 1.35. The van der Waals surface area contributed by atoms with Crippen molar-refractivity contribution < 1.29 is 18.8 Å². The van der Waals surface area contributed by atoms with Gasteiger partial charge in [-0.05, 0) is 54.4 Å². The Morgan fingerprint density at radius 1 is 1.00 bits per heavy atom. The van der Waals surface area contributed by atoms with Crippen molar-refractivity contribution in [1.29, 1.82) is 0 Å². The summed E-state index contributed by atoms with van der Waals surface area (Å²) in [7, 11) is 0. The van der Waals surface area contributed by atoms with Crippen molar-refractivity contribution in [1.82, 2.24) is 20.4 Å². The van der Waals surface area contributed by atoms with Gasteiger partial charge in [-0.25, -0.2) is 4.39 Å². The lowest BCUT2D eigenvalue weighted by molar-refractivity contribution is -0.128. The molecule has 0 radical (unpaired) electrons. The number of amides is 3. The topological polar surface area (TPSA) is 81.8 Å². The Hall–Kier alpha value is -2.62. The standard InChI is InChI=1S/C29H36ClFN4O3S/c1-19(36)32-26(12-14-39-2)28(37)33-25(20-7-4-3-5-8-20)11-13-34-15-21-17-35(18-22(21)16-34)29(38)27-23(30)9-6-10-24(27)31/h3-10,21-22,25-26H,11-18H2,1-2H3,(H,32,36)(H,33,37)/t21?,22?,25-,26-/m0/s1. The number of likely N-dealkylation sites (tertiary alicyclic amines) is 2. The molecule has 0 aliphatic carbocycles. The molecule has 7 nitrogen and oxygen atoms in total. The average molecular weight is 575 g/mol. The molecule has 0 aromatic heterocycles. The quantitative estimate of drug-likeness (QED) is 0.424. The lowest BCUT2D eigenvalue weighted by atomic mass is 10.0. The lowest BCUT2D eigenvalue weighted by Crippen LogP contribution is -2.47. The SMILES string of the molecule is CSCC[C@H](NC(C)=O)C(=O)N[C@@H](CCN1CC2CN(C(=O)c3c(F)cccc3Cl)CC2C1)c1ccccc1. The first kappa shape index (κ1) is 29.4. The van der Waals surface area contributed by atoms with E-state index >= 15 is 0 Å². The first-order chi connectivity index (χ1) is 18.8. The second-order valence-corrected chi connectivity index (χ2v) is 11.8. The van der Waals surface area contributed by atoms with Gasteiger partial charge in [0.1, 0.15) is 11.9 Å². The molecule has 2 unspecified atom stereocenters. The van der Waals surface area contributed by atoms with E-state index in [1.807, 2.05) is 36.6 Å². The highest BCUT2D eigenvalue weighted by Gasteiger charge is 2.42. The monoisotopic (exact) mass is 574 g/mol. The van der Waals surface area contributed by atoms with Gasteiger partial charge >= 0.3 is 0 Å². The number of hydrogen-bond donors (Lipinski definition) is 2. The van der Waals surface area contributed by atoms with E-state index in [0.29, 0.717) is 31.3 Å². The van der Waals surface area contributed by atoms with Crippen molar-refractivity contribution in [2.24, 2.45) is 11.8 Å². The second kappa shape index (κ2) is 13.6. The third kappa shape index (κ3) is 7.52. The Kier molecular flexibility index (Phi) is 10.3. The first-order valence-corrected chi connectivity index (χ1v) is 15.1. The molecule has 2 aromatic carbocycles. The van der Waals surface area contributed by atoms with Crippen molar-refractivity contribution >= 4 is 41.1 Å². The first-order valence-electron chi connectivity index (χ1n) is 13.3. The molecule has 4 rings (SSSR count). The fourth-order valence-electron chi connectivity index (χ4n) is 5.64. The Morgan fingerprint density at radius 3 is 2.31 bits per heavy atom. The predicted octanol–water partition coefficient (Wildman–Crippen LogP) is 3.99. The van der Waals surface area contributed by atoms with Crippen LogP contribution in [0, 0.1) is 17.7 Å². The normalized spacial score (nSPS) is 20.4. The van der Waals surface area contributed by atoms with E-state index in [1.165, 1.54) is 19.1 Å². The molecule has 2 N–H and O–H groups in total. The summed E-state index contributed by atoms with van der Waals surface area (Å²) in [4.78, 5) is 42.0. The molecular formula is C29H36ClFN4O3S. The van der Waals surface area contributed by atoms with Crippen LogP contribution in [0.25, 0.3) is 0 Å². The molecule has 2 aliphatic rings. The Bertz CT molecular complexity index is 1140. The molecule has 210 valence electrons. The van der Waals surface area contributed by atoms with Gasteiger partial charge < -0.3 is 20.4 Å². The summed E-state index contributed by atoms with van der Waals surface area (Å²) < 4.78 is 14.3. The van der Waals surface area contributed by atoms with Crippen molar-refractivity contribution in [2.45, 2.75) is 31.8 Å². The minimum atomic E-state index is -0.589. The maximum Gasteiger partial charge on any atom is 0.258 e.